The van der Waals surface area contributed by atoms with E-state index >= 15 is 0 Å². The van der Waals surface area contributed by atoms with Gasteiger partial charge in [-0.25, -0.2) is 0 Å². The zero-order chi connectivity index (χ0) is 23.9. The standard InChI is InChI=1S/C26H44O4Si/c1-10-22-18-23(27)26(7,24(28)30-22)17-16-20(2)14-12-11-13-15-21(3)19-29-31(8,9)25(4,5)6/h10,12,14-16,22-23,27H,1,11,13,17-19H2,2-9H3/b14-12+,20-16+,21-15+/t22-,23-,26-/m1/s1. The first-order valence-corrected chi connectivity index (χ1v) is 14.3. The molecule has 31 heavy (non-hydrogen) atoms. The van der Waals surface area contributed by atoms with Crippen molar-refractivity contribution in [3.8, 4) is 0 Å². The average molecular weight is 449 g/mol. The first-order valence-electron chi connectivity index (χ1n) is 11.4. The summed E-state index contributed by atoms with van der Waals surface area (Å²) in [5.41, 5.74) is 1.45. The molecular formula is C26H44O4Si. The van der Waals surface area contributed by atoms with Crippen LogP contribution in [-0.2, 0) is 14.0 Å². The van der Waals surface area contributed by atoms with Crippen LogP contribution in [0.5, 0.6) is 0 Å². The summed E-state index contributed by atoms with van der Waals surface area (Å²) >= 11 is 0. The number of aliphatic hydroxyl groups excluding tert-OH is 1. The normalized spacial score (nSPS) is 26.3. The third kappa shape index (κ3) is 8.21. The average Bonchev–Trinajstić information content (AvgIpc) is 2.67. The summed E-state index contributed by atoms with van der Waals surface area (Å²) in [7, 11) is -1.70. The van der Waals surface area contributed by atoms with Gasteiger partial charge < -0.3 is 14.3 Å². The highest BCUT2D eigenvalue weighted by Gasteiger charge is 2.46. The number of ether oxygens (including phenoxy) is 1. The number of hydrogen-bond acceptors (Lipinski definition) is 4. The second-order valence-corrected chi connectivity index (χ2v) is 15.4. The van der Waals surface area contributed by atoms with E-state index in [-0.39, 0.29) is 11.0 Å². The van der Waals surface area contributed by atoms with Crippen molar-refractivity contribution in [2.45, 2.75) is 97.6 Å². The van der Waals surface area contributed by atoms with Gasteiger partial charge in [0, 0.05) is 6.42 Å². The second-order valence-electron chi connectivity index (χ2n) is 10.6. The minimum absolute atomic E-state index is 0.231. The lowest BCUT2D eigenvalue weighted by atomic mass is 9.76. The molecule has 0 radical (unpaired) electrons. The summed E-state index contributed by atoms with van der Waals surface area (Å²) in [6, 6.07) is 0. The quantitative estimate of drug-likeness (QED) is 0.136. The van der Waals surface area contributed by atoms with Crippen molar-refractivity contribution in [2.75, 3.05) is 6.61 Å². The van der Waals surface area contributed by atoms with E-state index in [1.165, 1.54) is 5.57 Å². The van der Waals surface area contributed by atoms with Gasteiger partial charge in [-0.2, -0.15) is 0 Å². The predicted molar refractivity (Wildman–Crippen MR) is 132 cm³/mol. The minimum Gasteiger partial charge on any atom is -0.458 e. The van der Waals surface area contributed by atoms with E-state index in [0.29, 0.717) is 19.4 Å². The van der Waals surface area contributed by atoms with E-state index in [2.05, 4.69) is 65.6 Å². The molecule has 176 valence electrons. The van der Waals surface area contributed by atoms with Crippen LogP contribution in [0, 0.1) is 5.41 Å². The number of hydrogen-bond donors (Lipinski definition) is 1. The number of allylic oxidation sites excluding steroid dienone is 5. The second kappa shape index (κ2) is 11.4. The van der Waals surface area contributed by atoms with E-state index in [0.717, 1.165) is 18.4 Å². The van der Waals surface area contributed by atoms with Gasteiger partial charge in [0.05, 0.1) is 18.1 Å². The molecule has 0 bridgehead atoms. The Morgan fingerprint density at radius 1 is 1.29 bits per heavy atom. The highest BCUT2D eigenvalue weighted by Crippen LogP contribution is 2.37. The molecular weight excluding hydrogens is 404 g/mol. The van der Waals surface area contributed by atoms with Gasteiger partial charge >= 0.3 is 5.97 Å². The van der Waals surface area contributed by atoms with E-state index in [9.17, 15) is 9.90 Å². The monoisotopic (exact) mass is 448 g/mol. The van der Waals surface area contributed by atoms with Crippen LogP contribution < -0.4 is 0 Å². The van der Waals surface area contributed by atoms with Crippen molar-refractivity contribution < 1.29 is 19.1 Å². The molecule has 0 aromatic carbocycles. The molecule has 1 heterocycles. The van der Waals surface area contributed by atoms with Gasteiger partial charge in [-0.05, 0) is 58.2 Å². The molecule has 0 spiro atoms. The zero-order valence-corrected chi connectivity index (χ0v) is 22.0. The Hall–Kier alpha value is -1.43. The molecule has 5 heteroatoms. The van der Waals surface area contributed by atoms with Crippen molar-refractivity contribution >= 4 is 14.3 Å². The molecule has 1 aliphatic rings. The lowest BCUT2D eigenvalue weighted by molar-refractivity contribution is -0.178. The molecule has 1 aliphatic heterocycles. The van der Waals surface area contributed by atoms with Gasteiger partial charge in [0.2, 0.25) is 0 Å². The predicted octanol–water partition coefficient (Wildman–Crippen LogP) is 6.50. The van der Waals surface area contributed by atoms with Crippen LogP contribution in [0.3, 0.4) is 0 Å². The molecule has 0 aliphatic carbocycles. The fourth-order valence-electron chi connectivity index (χ4n) is 3.01. The zero-order valence-electron chi connectivity index (χ0n) is 21.0. The molecule has 1 rings (SSSR count). The maximum absolute atomic E-state index is 12.3. The van der Waals surface area contributed by atoms with Crippen LogP contribution in [0.1, 0.15) is 67.2 Å². The summed E-state index contributed by atoms with van der Waals surface area (Å²) in [6.07, 6.45) is 11.7. The van der Waals surface area contributed by atoms with Crippen LogP contribution in [0.2, 0.25) is 18.1 Å². The maximum atomic E-state index is 12.3. The van der Waals surface area contributed by atoms with Gasteiger partial charge in [-0.1, -0.05) is 68.9 Å². The molecule has 0 unspecified atom stereocenters. The molecule has 0 aromatic heterocycles. The number of cyclic esters (lactones) is 1. The minimum atomic E-state index is -1.70. The van der Waals surface area contributed by atoms with Crippen LogP contribution in [0.4, 0.5) is 0 Å². The Balaban J connectivity index is 2.49. The SMILES string of the molecule is C=C[C@@H]1C[C@@H](O)[C@@](C)(C/C=C(C)/C=C/CC/C=C(\C)CO[Si](C)(C)C(C)(C)C)C(=O)O1. The number of carbonyl (C=O) groups excluding carboxylic acids is 1. The number of carbonyl (C=O) groups is 1. The van der Waals surface area contributed by atoms with Gasteiger partial charge in [-0.15, -0.1) is 0 Å². The first-order chi connectivity index (χ1) is 14.2. The van der Waals surface area contributed by atoms with Gasteiger partial charge in [0.15, 0.2) is 8.32 Å². The first kappa shape index (κ1) is 27.6. The van der Waals surface area contributed by atoms with Crippen LogP contribution in [-0.4, -0.2) is 38.2 Å². The van der Waals surface area contributed by atoms with Crippen molar-refractivity contribution in [3.63, 3.8) is 0 Å². The molecule has 0 aromatic rings. The Labute approximate surface area is 191 Å². The van der Waals surface area contributed by atoms with Gasteiger partial charge in [0.25, 0.3) is 0 Å². The van der Waals surface area contributed by atoms with E-state index in [4.69, 9.17) is 9.16 Å². The van der Waals surface area contributed by atoms with Gasteiger partial charge in [-0.3, -0.25) is 4.79 Å². The Kier molecular flexibility index (Phi) is 10.2. The molecule has 0 amide bonds. The highest BCUT2D eigenvalue weighted by atomic mass is 28.4. The molecule has 3 atom stereocenters. The number of rotatable bonds is 10. The van der Waals surface area contributed by atoms with Crippen molar-refractivity contribution in [2.24, 2.45) is 5.41 Å². The third-order valence-electron chi connectivity index (χ3n) is 6.70. The van der Waals surface area contributed by atoms with Gasteiger partial charge in [0.1, 0.15) is 6.10 Å². The summed E-state index contributed by atoms with van der Waals surface area (Å²) in [5, 5.41) is 10.7. The number of aliphatic hydroxyl groups is 1. The lowest BCUT2D eigenvalue weighted by Gasteiger charge is -2.38. The number of esters is 1. The number of unbranched alkanes of at least 4 members (excludes halogenated alkanes) is 1. The smallest absolute Gasteiger partial charge is 0.315 e. The summed E-state index contributed by atoms with van der Waals surface area (Å²) in [6.45, 7) is 21.6. The van der Waals surface area contributed by atoms with Crippen molar-refractivity contribution in [3.05, 3.63) is 48.1 Å². The highest BCUT2D eigenvalue weighted by molar-refractivity contribution is 6.74. The molecule has 4 nitrogen and oxygen atoms in total. The molecule has 1 N–H and O–H groups in total. The fourth-order valence-corrected chi connectivity index (χ4v) is 4.03. The van der Waals surface area contributed by atoms with E-state index in [1.807, 2.05) is 13.0 Å². The summed E-state index contributed by atoms with van der Waals surface area (Å²) < 4.78 is 11.6. The largest absolute Gasteiger partial charge is 0.458 e. The Morgan fingerprint density at radius 3 is 2.48 bits per heavy atom. The molecule has 1 fully saturated rings. The van der Waals surface area contributed by atoms with E-state index < -0.39 is 25.9 Å². The third-order valence-corrected chi connectivity index (χ3v) is 11.2. The Bertz CT molecular complexity index is 711. The van der Waals surface area contributed by atoms with E-state index in [1.54, 1.807) is 13.0 Å². The van der Waals surface area contributed by atoms with Crippen LogP contribution in [0.25, 0.3) is 0 Å². The topological polar surface area (TPSA) is 55.8 Å². The van der Waals surface area contributed by atoms with Crippen molar-refractivity contribution in [1.29, 1.82) is 0 Å². The maximum Gasteiger partial charge on any atom is 0.315 e. The molecule has 0 saturated carbocycles. The Morgan fingerprint density at radius 2 is 1.94 bits per heavy atom. The summed E-state index contributed by atoms with van der Waals surface area (Å²) in [4.78, 5) is 12.3. The van der Waals surface area contributed by atoms with Crippen LogP contribution >= 0.6 is 0 Å². The fraction of sp³-hybridized carbons (Fsp3) is 0.654. The lowest BCUT2D eigenvalue weighted by Crippen LogP contribution is -2.48. The molecule has 1 saturated heterocycles. The van der Waals surface area contributed by atoms with Crippen LogP contribution in [0.15, 0.2) is 48.1 Å². The summed E-state index contributed by atoms with van der Waals surface area (Å²) in [5.74, 6) is -0.357. The van der Waals surface area contributed by atoms with Crippen molar-refractivity contribution in [1.82, 2.24) is 0 Å².